The Morgan fingerprint density at radius 1 is 1.06 bits per heavy atom. The summed E-state index contributed by atoms with van der Waals surface area (Å²) in [5.74, 6) is 1.33. The molecule has 2 N–H and O–H groups in total. The van der Waals surface area contributed by atoms with E-state index in [0.717, 1.165) is 26.2 Å². The van der Waals surface area contributed by atoms with E-state index in [1.54, 1.807) is 0 Å². The molecule has 0 aliphatic heterocycles. The van der Waals surface area contributed by atoms with Gasteiger partial charge < -0.3 is 15.3 Å². The molecule has 0 unspecified atom stereocenters. The van der Waals surface area contributed by atoms with Crippen molar-refractivity contribution in [3.05, 3.63) is 0 Å². The van der Waals surface area contributed by atoms with E-state index in [2.05, 4.69) is 37.9 Å². The highest BCUT2D eigenvalue weighted by molar-refractivity contribution is 4.82. The smallest absolute Gasteiger partial charge is 0.0791 e. The van der Waals surface area contributed by atoms with Crippen molar-refractivity contribution in [3.8, 4) is 0 Å². The summed E-state index contributed by atoms with van der Waals surface area (Å²) >= 11 is 0. The van der Waals surface area contributed by atoms with Gasteiger partial charge in [-0.05, 0) is 24.7 Å². The van der Waals surface area contributed by atoms with Gasteiger partial charge in [-0.1, -0.05) is 27.7 Å². The van der Waals surface area contributed by atoms with Crippen LogP contribution in [0.4, 0.5) is 0 Å². The van der Waals surface area contributed by atoms with Gasteiger partial charge in [0, 0.05) is 32.2 Å². The van der Waals surface area contributed by atoms with Crippen LogP contribution in [0.3, 0.4) is 0 Å². The molecule has 0 aromatic carbocycles. The van der Waals surface area contributed by atoms with Crippen LogP contribution in [0.2, 0.25) is 0 Å². The fraction of sp³-hybridized carbons (Fsp3) is 1.00. The predicted molar refractivity (Wildman–Crippen MR) is 73.1 cm³/mol. The van der Waals surface area contributed by atoms with E-state index >= 15 is 0 Å². The zero-order valence-corrected chi connectivity index (χ0v) is 11.9. The summed E-state index contributed by atoms with van der Waals surface area (Å²) in [4.78, 5) is 2.40. The molecule has 1 aliphatic rings. The first kappa shape index (κ1) is 14.9. The maximum absolute atomic E-state index is 10.0. The maximum atomic E-state index is 10.0. The number of rotatable bonds is 9. The quantitative estimate of drug-likeness (QED) is 0.646. The molecular formula is C14H30N2O. The van der Waals surface area contributed by atoms with Gasteiger partial charge in [0.1, 0.15) is 0 Å². The number of hydrogen-bond acceptors (Lipinski definition) is 3. The van der Waals surface area contributed by atoms with Gasteiger partial charge in [-0.15, -0.1) is 0 Å². The molecule has 0 amide bonds. The highest BCUT2D eigenvalue weighted by Gasteiger charge is 2.22. The minimum atomic E-state index is -0.229. The lowest BCUT2D eigenvalue weighted by molar-refractivity contribution is 0.0973. The summed E-state index contributed by atoms with van der Waals surface area (Å²) < 4.78 is 0. The third-order valence-electron chi connectivity index (χ3n) is 2.94. The highest BCUT2D eigenvalue weighted by atomic mass is 16.3. The fourth-order valence-electron chi connectivity index (χ4n) is 2.21. The van der Waals surface area contributed by atoms with E-state index in [1.165, 1.54) is 12.8 Å². The molecule has 1 atom stereocenters. The molecule has 0 radical (unpaired) electrons. The molecular weight excluding hydrogens is 212 g/mol. The molecule has 17 heavy (non-hydrogen) atoms. The summed E-state index contributed by atoms with van der Waals surface area (Å²) in [5, 5.41) is 13.4. The molecule has 0 saturated heterocycles. The zero-order chi connectivity index (χ0) is 12.8. The second kappa shape index (κ2) is 7.34. The lowest BCUT2D eigenvalue weighted by Crippen LogP contribution is -2.41. The number of aliphatic hydroxyl groups excluding tert-OH is 1. The molecule has 3 heteroatoms. The van der Waals surface area contributed by atoms with Crippen LogP contribution in [-0.4, -0.2) is 48.3 Å². The van der Waals surface area contributed by atoms with Crippen LogP contribution in [0.1, 0.15) is 40.5 Å². The number of nitrogens with zero attached hydrogens (tertiary/aromatic N) is 1. The Kier molecular flexibility index (Phi) is 6.45. The summed E-state index contributed by atoms with van der Waals surface area (Å²) in [6.45, 7) is 12.7. The van der Waals surface area contributed by atoms with E-state index in [-0.39, 0.29) is 6.10 Å². The van der Waals surface area contributed by atoms with Crippen LogP contribution in [-0.2, 0) is 0 Å². The lowest BCUT2D eigenvalue weighted by Gasteiger charge is -2.28. The van der Waals surface area contributed by atoms with Crippen molar-refractivity contribution in [2.24, 2.45) is 11.8 Å². The van der Waals surface area contributed by atoms with Crippen molar-refractivity contribution < 1.29 is 5.11 Å². The molecule has 1 aliphatic carbocycles. The maximum Gasteiger partial charge on any atom is 0.0791 e. The van der Waals surface area contributed by atoms with Crippen LogP contribution >= 0.6 is 0 Å². The third-order valence-corrected chi connectivity index (χ3v) is 2.94. The Bertz CT molecular complexity index is 192. The Balaban J connectivity index is 2.23. The Morgan fingerprint density at radius 3 is 2.00 bits per heavy atom. The van der Waals surface area contributed by atoms with E-state index < -0.39 is 0 Å². The number of aliphatic hydroxyl groups is 1. The van der Waals surface area contributed by atoms with Gasteiger partial charge in [-0.3, -0.25) is 0 Å². The fourth-order valence-corrected chi connectivity index (χ4v) is 2.21. The van der Waals surface area contributed by atoms with Crippen molar-refractivity contribution in [3.63, 3.8) is 0 Å². The minimum Gasteiger partial charge on any atom is -0.390 e. The van der Waals surface area contributed by atoms with Crippen LogP contribution in [0.25, 0.3) is 0 Å². The SMILES string of the molecule is CC(C)CN(CC(C)C)C[C@H](O)CNC1CC1. The molecule has 1 fully saturated rings. The first-order chi connectivity index (χ1) is 7.97. The van der Waals surface area contributed by atoms with Crippen LogP contribution in [0.15, 0.2) is 0 Å². The first-order valence-electron chi connectivity index (χ1n) is 7.11. The molecule has 1 rings (SSSR count). The molecule has 0 spiro atoms. The largest absolute Gasteiger partial charge is 0.390 e. The van der Waals surface area contributed by atoms with E-state index in [1.807, 2.05) is 0 Å². The van der Waals surface area contributed by atoms with Crippen LogP contribution in [0, 0.1) is 11.8 Å². The summed E-state index contributed by atoms with van der Waals surface area (Å²) in [5.41, 5.74) is 0. The van der Waals surface area contributed by atoms with Gasteiger partial charge in [0.2, 0.25) is 0 Å². The summed E-state index contributed by atoms with van der Waals surface area (Å²) in [6.07, 6.45) is 2.34. The van der Waals surface area contributed by atoms with Gasteiger partial charge in [0.05, 0.1) is 6.10 Å². The Morgan fingerprint density at radius 2 is 1.59 bits per heavy atom. The molecule has 0 aromatic heterocycles. The van der Waals surface area contributed by atoms with Crippen molar-refractivity contribution in [1.29, 1.82) is 0 Å². The molecule has 3 nitrogen and oxygen atoms in total. The molecule has 0 bridgehead atoms. The highest BCUT2D eigenvalue weighted by Crippen LogP contribution is 2.18. The van der Waals surface area contributed by atoms with Crippen LogP contribution in [0.5, 0.6) is 0 Å². The van der Waals surface area contributed by atoms with Gasteiger partial charge in [-0.25, -0.2) is 0 Å². The van der Waals surface area contributed by atoms with E-state index in [0.29, 0.717) is 17.9 Å². The monoisotopic (exact) mass is 242 g/mol. The standard InChI is InChI=1S/C14H30N2O/c1-11(2)8-16(9-12(3)4)10-14(17)7-15-13-5-6-13/h11-15,17H,5-10H2,1-4H3/t14-/m1/s1. The first-order valence-corrected chi connectivity index (χ1v) is 7.11. The van der Waals surface area contributed by atoms with Gasteiger partial charge >= 0.3 is 0 Å². The van der Waals surface area contributed by atoms with E-state index in [9.17, 15) is 5.11 Å². The second-order valence-corrected chi connectivity index (χ2v) is 6.34. The van der Waals surface area contributed by atoms with Crippen LogP contribution < -0.4 is 5.32 Å². The second-order valence-electron chi connectivity index (χ2n) is 6.34. The number of hydrogen-bond donors (Lipinski definition) is 2. The zero-order valence-electron chi connectivity index (χ0n) is 11.9. The molecule has 1 saturated carbocycles. The summed E-state index contributed by atoms with van der Waals surface area (Å²) in [6, 6.07) is 0.688. The van der Waals surface area contributed by atoms with Gasteiger partial charge in [0.25, 0.3) is 0 Å². The van der Waals surface area contributed by atoms with Crippen molar-refractivity contribution in [2.75, 3.05) is 26.2 Å². The number of nitrogens with one attached hydrogen (secondary N) is 1. The van der Waals surface area contributed by atoms with Gasteiger partial charge in [-0.2, -0.15) is 0 Å². The Hall–Kier alpha value is -0.120. The molecule has 0 aromatic rings. The minimum absolute atomic E-state index is 0.229. The molecule has 0 heterocycles. The van der Waals surface area contributed by atoms with Crippen molar-refractivity contribution in [1.82, 2.24) is 10.2 Å². The Labute approximate surface area is 107 Å². The normalized spacial score (nSPS) is 18.4. The predicted octanol–water partition coefficient (Wildman–Crippen LogP) is 1.71. The average Bonchev–Trinajstić information content (AvgIpc) is 2.95. The summed E-state index contributed by atoms with van der Waals surface area (Å²) in [7, 11) is 0. The van der Waals surface area contributed by atoms with Crippen molar-refractivity contribution >= 4 is 0 Å². The van der Waals surface area contributed by atoms with Crippen molar-refractivity contribution in [2.45, 2.75) is 52.7 Å². The van der Waals surface area contributed by atoms with Gasteiger partial charge in [0.15, 0.2) is 0 Å². The van der Waals surface area contributed by atoms with E-state index in [4.69, 9.17) is 0 Å². The molecule has 102 valence electrons. The topological polar surface area (TPSA) is 35.5 Å². The lowest BCUT2D eigenvalue weighted by atomic mass is 10.1. The average molecular weight is 242 g/mol. The third kappa shape index (κ3) is 7.74.